The molecule has 0 aliphatic carbocycles. The van der Waals surface area contributed by atoms with E-state index in [4.69, 9.17) is 9.79 Å². The maximum absolute atomic E-state index is 11.5. The highest BCUT2D eigenvalue weighted by Crippen LogP contribution is 2.71. The first-order valence-corrected chi connectivity index (χ1v) is 7.98. The molecule has 2 atom stereocenters. The highest BCUT2D eigenvalue weighted by molar-refractivity contribution is 7.72. The zero-order valence-corrected chi connectivity index (χ0v) is 11.8. The van der Waals surface area contributed by atoms with Gasteiger partial charge in [0, 0.05) is 13.5 Å². The molecule has 0 fully saturated rings. The molecule has 8 nitrogen and oxygen atoms in total. The van der Waals surface area contributed by atoms with Crippen LogP contribution >= 0.6 is 15.2 Å². The van der Waals surface area contributed by atoms with E-state index in [1.54, 1.807) is 19.0 Å². The van der Waals surface area contributed by atoms with Crippen molar-refractivity contribution in [2.45, 2.75) is 17.9 Å². The molecule has 0 saturated heterocycles. The summed E-state index contributed by atoms with van der Waals surface area (Å²) in [6.07, 6.45) is -0.389. The molecule has 10 heteroatoms. The first kappa shape index (κ1) is 17.2. The summed E-state index contributed by atoms with van der Waals surface area (Å²) in [6.45, 7) is 0.409. The first-order valence-electron chi connectivity index (χ1n) is 4.79. The molecule has 0 aliphatic rings. The molecule has 0 bridgehead atoms. The smallest absolute Gasteiger partial charge is 0.368 e. The van der Waals surface area contributed by atoms with E-state index in [2.05, 4.69) is 4.52 Å². The summed E-state index contributed by atoms with van der Waals surface area (Å²) in [5.74, 6) is 0. The van der Waals surface area contributed by atoms with Gasteiger partial charge in [0.15, 0.2) is 0 Å². The molecule has 0 spiro atoms. The molecule has 2 unspecified atom stereocenters. The number of hydrogen-bond acceptors (Lipinski definition) is 5. The summed E-state index contributed by atoms with van der Waals surface area (Å²) in [5.41, 5.74) is 0. The van der Waals surface area contributed by atoms with Gasteiger partial charge in [0.25, 0.3) is 5.08 Å². The average Bonchev–Trinajstić information content (AvgIpc) is 2.14. The van der Waals surface area contributed by atoms with Gasteiger partial charge in [-0.1, -0.05) is 0 Å². The molecule has 0 saturated carbocycles. The molecule has 0 aromatic carbocycles. The maximum atomic E-state index is 11.5. The number of aliphatic hydroxyl groups is 1. The van der Waals surface area contributed by atoms with Crippen LogP contribution in [0, 0.1) is 0 Å². The van der Waals surface area contributed by atoms with Crippen LogP contribution < -0.4 is 0 Å². The Bertz CT molecular complexity index is 341. The van der Waals surface area contributed by atoms with E-state index >= 15 is 0 Å². The fourth-order valence-corrected chi connectivity index (χ4v) is 3.97. The van der Waals surface area contributed by atoms with Gasteiger partial charge in [-0.05, 0) is 27.1 Å². The summed E-state index contributed by atoms with van der Waals surface area (Å²) in [7, 11) is -5.72. The van der Waals surface area contributed by atoms with Crippen molar-refractivity contribution in [1.29, 1.82) is 0 Å². The van der Waals surface area contributed by atoms with Crippen molar-refractivity contribution in [3.63, 3.8) is 0 Å². The zero-order chi connectivity index (χ0) is 13.9. The predicted octanol–water partition coefficient (Wildman–Crippen LogP) is -0.0162. The van der Waals surface area contributed by atoms with Gasteiger partial charge in [-0.15, -0.1) is 0 Å². The minimum Gasteiger partial charge on any atom is -0.368 e. The van der Waals surface area contributed by atoms with Crippen molar-refractivity contribution in [2.75, 3.05) is 27.7 Å². The van der Waals surface area contributed by atoms with E-state index in [-0.39, 0.29) is 6.42 Å². The van der Waals surface area contributed by atoms with Gasteiger partial charge in [-0.25, -0.2) is 0 Å². The SMILES string of the molecule is COP(=O)(O)C(O)(CCCN(C)C)P(=O)(O)O. The van der Waals surface area contributed by atoms with Gasteiger partial charge in [-0.2, -0.15) is 0 Å². The van der Waals surface area contributed by atoms with Crippen molar-refractivity contribution in [2.24, 2.45) is 0 Å². The highest BCUT2D eigenvalue weighted by atomic mass is 31.2. The lowest BCUT2D eigenvalue weighted by molar-refractivity contribution is 0.112. The summed E-state index contributed by atoms with van der Waals surface area (Å²) < 4.78 is 26.8. The van der Waals surface area contributed by atoms with Gasteiger partial charge < -0.3 is 29.2 Å². The second-order valence-corrected chi connectivity index (χ2v) is 8.25. The molecule has 17 heavy (non-hydrogen) atoms. The van der Waals surface area contributed by atoms with Crippen LogP contribution in [0.2, 0.25) is 0 Å². The Morgan fingerprint density at radius 3 is 2.00 bits per heavy atom. The molecule has 0 aromatic rings. The van der Waals surface area contributed by atoms with Crippen LogP contribution in [-0.2, 0) is 13.7 Å². The van der Waals surface area contributed by atoms with Gasteiger partial charge >= 0.3 is 15.2 Å². The molecule has 0 rings (SSSR count). The van der Waals surface area contributed by atoms with Gasteiger partial charge in [0.05, 0.1) is 0 Å². The van der Waals surface area contributed by atoms with Crippen LogP contribution in [-0.4, -0.2) is 57.5 Å². The topological polar surface area (TPSA) is 128 Å². The molecule has 0 aliphatic heterocycles. The minimum atomic E-state index is -5.19. The number of rotatable bonds is 7. The van der Waals surface area contributed by atoms with E-state index in [1.807, 2.05) is 0 Å². The van der Waals surface area contributed by atoms with Crippen LogP contribution in [0.4, 0.5) is 0 Å². The Balaban J connectivity index is 5.03. The van der Waals surface area contributed by atoms with Gasteiger partial charge in [-0.3, -0.25) is 9.13 Å². The number of nitrogens with zero attached hydrogens (tertiary/aromatic N) is 1. The Kier molecular flexibility index (Phi) is 5.98. The average molecular weight is 291 g/mol. The summed E-state index contributed by atoms with van der Waals surface area (Å²) in [6, 6.07) is 0. The molecule has 0 aromatic heterocycles. The van der Waals surface area contributed by atoms with Crippen LogP contribution in [0.25, 0.3) is 0 Å². The Morgan fingerprint density at radius 1 is 1.24 bits per heavy atom. The van der Waals surface area contributed by atoms with Crippen molar-refractivity contribution in [3.05, 3.63) is 0 Å². The normalized spacial score (nSPS) is 20.0. The quantitative estimate of drug-likeness (QED) is 0.482. The zero-order valence-electron chi connectivity index (χ0n) is 9.98. The molecule has 0 radical (unpaired) electrons. The van der Waals surface area contributed by atoms with E-state index in [9.17, 15) is 19.1 Å². The van der Waals surface area contributed by atoms with Crippen LogP contribution in [0.3, 0.4) is 0 Å². The lowest BCUT2D eigenvalue weighted by Gasteiger charge is -2.31. The van der Waals surface area contributed by atoms with Crippen molar-refractivity contribution >= 4 is 15.2 Å². The Labute approximate surface area is 99.9 Å². The minimum absolute atomic E-state index is 0.141. The van der Waals surface area contributed by atoms with Crippen molar-refractivity contribution in [3.8, 4) is 0 Å². The second kappa shape index (κ2) is 5.91. The van der Waals surface area contributed by atoms with Crippen LogP contribution in [0.1, 0.15) is 12.8 Å². The monoisotopic (exact) mass is 291 g/mol. The third-order valence-electron chi connectivity index (χ3n) is 2.28. The summed E-state index contributed by atoms with van der Waals surface area (Å²) >= 11 is 0. The first-order chi connectivity index (χ1) is 7.48. The fraction of sp³-hybridized carbons (Fsp3) is 1.00. The molecule has 0 amide bonds. The van der Waals surface area contributed by atoms with E-state index in [0.717, 1.165) is 7.11 Å². The predicted molar refractivity (Wildman–Crippen MR) is 61.6 cm³/mol. The van der Waals surface area contributed by atoms with Gasteiger partial charge in [0.1, 0.15) is 0 Å². The molecule has 4 N–H and O–H groups in total. The molecule has 104 valence electrons. The third-order valence-corrected chi connectivity index (χ3v) is 6.60. The molecular formula is C7H19NO7P2. The third kappa shape index (κ3) is 4.12. The largest absolute Gasteiger partial charge is 0.371 e. The van der Waals surface area contributed by atoms with E-state index < -0.39 is 26.7 Å². The lowest BCUT2D eigenvalue weighted by Crippen LogP contribution is -2.30. The summed E-state index contributed by atoms with van der Waals surface area (Å²) in [5, 5.41) is 6.72. The van der Waals surface area contributed by atoms with Crippen molar-refractivity contribution in [1.82, 2.24) is 4.90 Å². The second-order valence-electron chi connectivity index (χ2n) is 3.93. The maximum Gasteiger partial charge on any atom is 0.371 e. The lowest BCUT2D eigenvalue weighted by atomic mass is 10.3. The Hall–Kier alpha value is 0.220. The van der Waals surface area contributed by atoms with E-state index in [1.165, 1.54) is 0 Å². The van der Waals surface area contributed by atoms with Crippen molar-refractivity contribution < 1.29 is 33.4 Å². The standard InChI is InChI=1S/C7H19NO7P2/c1-8(2)6-4-5-7(9,16(10,11)12)17(13,14)15-3/h9H,4-6H2,1-3H3,(H,13,14)(H2,10,11,12). The van der Waals surface area contributed by atoms with E-state index in [0.29, 0.717) is 6.54 Å². The Morgan fingerprint density at radius 2 is 1.71 bits per heavy atom. The molecular weight excluding hydrogens is 272 g/mol. The number of hydrogen-bond donors (Lipinski definition) is 4. The molecule has 0 heterocycles. The summed E-state index contributed by atoms with van der Waals surface area (Å²) in [4.78, 5) is 29.0. The van der Waals surface area contributed by atoms with Gasteiger partial charge in [0.2, 0.25) is 0 Å². The highest BCUT2D eigenvalue weighted by Gasteiger charge is 2.59. The van der Waals surface area contributed by atoms with Crippen LogP contribution in [0.15, 0.2) is 0 Å². The fourth-order valence-electron chi connectivity index (χ4n) is 1.23. The van der Waals surface area contributed by atoms with Crippen LogP contribution in [0.5, 0.6) is 0 Å².